The molecule has 0 radical (unpaired) electrons. The average molecular weight is 299 g/mol. The number of aromatic nitrogens is 1. The molecule has 1 fully saturated rings. The lowest BCUT2D eigenvalue weighted by atomic mass is 10.1. The minimum absolute atomic E-state index is 0.155. The van der Waals surface area contributed by atoms with Gasteiger partial charge in [-0.15, -0.1) is 0 Å². The van der Waals surface area contributed by atoms with E-state index in [1.54, 1.807) is 13.2 Å². The number of amides is 1. The molecule has 2 aromatic rings. The molecule has 3 rings (SSSR count). The molecular formula is C17H21N3O2. The maximum Gasteiger partial charge on any atom is 0.226 e. The Bertz CT molecular complexity index is 640. The zero-order valence-electron chi connectivity index (χ0n) is 13.1. The Kier molecular flexibility index (Phi) is 4.24. The zero-order valence-corrected chi connectivity index (χ0v) is 13.1. The van der Waals surface area contributed by atoms with Crippen molar-refractivity contribution in [1.82, 2.24) is 14.8 Å². The van der Waals surface area contributed by atoms with Gasteiger partial charge in [0, 0.05) is 45.2 Å². The fourth-order valence-corrected chi connectivity index (χ4v) is 2.66. The van der Waals surface area contributed by atoms with Gasteiger partial charge in [-0.25, -0.2) is 4.98 Å². The molecule has 1 aromatic heterocycles. The van der Waals surface area contributed by atoms with Gasteiger partial charge in [-0.05, 0) is 19.1 Å². The van der Waals surface area contributed by atoms with E-state index in [4.69, 9.17) is 4.42 Å². The summed E-state index contributed by atoms with van der Waals surface area (Å²) in [4.78, 5) is 20.1. The Labute approximate surface area is 130 Å². The van der Waals surface area contributed by atoms with Crippen LogP contribution in [0.1, 0.15) is 18.2 Å². The summed E-state index contributed by atoms with van der Waals surface area (Å²) in [6, 6.07) is 8.16. The molecule has 1 aromatic carbocycles. The van der Waals surface area contributed by atoms with Crippen LogP contribution in [0.5, 0.6) is 0 Å². The van der Waals surface area contributed by atoms with Gasteiger partial charge in [-0.3, -0.25) is 9.69 Å². The molecule has 1 aliphatic rings. The van der Waals surface area contributed by atoms with E-state index in [1.807, 2.05) is 17.0 Å². The van der Waals surface area contributed by atoms with E-state index in [-0.39, 0.29) is 5.91 Å². The summed E-state index contributed by atoms with van der Waals surface area (Å²) < 4.78 is 5.59. The van der Waals surface area contributed by atoms with Crippen LogP contribution in [0.2, 0.25) is 0 Å². The fraction of sp³-hybridized carbons (Fsp3) is 0.412. The first-order chi connectivity index (χ1) is 10.6. The van der Waals surface area contributed by atoms with Crippen molar-refractivity contribution in [1.29, 1.82) is 0 Å². The molecule has 1 aliphatic heterocycles. The highest BCUT2D eigenvalue weighted by Crippen LogP contribution is 2.20. The molecule has 116 valence electrons. The lowest BCUT2D eigenvalue weighted by molar-refractivity contribution is -0.130. The number of carbonyl (C=O) groups is 1. The molecule has 0 spiro atoms. The Morgan fingerprint density at radius 3 is 2.50 bits per heavy atom. The number of nitrogens with zero attached hydrogens (tertiary/aromatic N) is 3. The van der Waals surface area contributed by atoms with Crippen molar-refractivity contribution < 1.29 is 9.21 Å². The van der Waals surface area contributed by atoms with Crippen molar-refractivity contribution >= 4 is 5.91 Å². The number of hydrogen-bond acceptors (Lipinski definition) is 4. The lowest BCUT2D eigenvalue weighted by Gasteiger charge is -2.33. The number of piperazine rings is 1. The second-order valence-electron chi connectivity index (χ2n) is 5.79. The van der Waals surface area contributed by atoms with Gasteiger partial charge >= 0.3 is 0 Å². The Hall–Kier alpha value is -2.14. The fourth-order valence-electron chi connectivity index (χ4n) is 2.66. The molecule has 0 bridgehead atoms. The number of oxazole rings is 1. The van der Waals surface area contributed by atoms with Crippen molar-refractivity contribution in [2.75, 3.05) is 26.2 Å². The van der Waals surface area contributed by atoms with Crippen LogP contribution in [-0.2, 0) is 11.3 Å². The predicted molar refractivity (Wildman–Crippen MR) is 84.2 cm³/mol. The molecule has 0 unspecified atom stereocenters. The first-order valence-corrected chi connectivity index (χ1v) is 7.61. The Morgan fingerprint density at radius 2 is 1.86 bits per heavy atom. The minimum Gasteiger partial charge on any atom is -0.444 e. The summed E-state index contributed by atoms with van der Waals surface area (Å²) in [7, 11) is 0. The standard InChI is InChI=1S/C17H21N3O2/c1-13-3-5-15(6-4-13)17-18-16(12-22-17)11-19-7-9-20(10-8-19)14(2)21/h3-6,12H,7-11H2,1-2H3. The molecule has 1 amide bonds. The van der Waals surface area contributed by atoms with E-state index in [0.29, 0.717) is 5.89 Å². The molecule has 0 atom stereocenters. The average Bonchev–Trinajstić information content (AvgIpc) is 2.97. The van der Waals surface area contributed by atoms with Crippen LogP contribution in [0, 0.1) is 6.92 Å². The molecule has 0 saturated carbocycles. The quantitative estimate of drug-likeness (QED) is 0.872. The van der Waals surface area contributed by atoms with Gasteiger partial charge < -0.3 is 9.32 Å². The van der Waals surface area contributed by atoms with Crippen LogP contribution in [0.25, 0.3) is 11.5 Å². The van der Waals surface area contributed by atoms with Crippen LogP contribution in [0.15, 0.2) is 34.9 Å². The zero-order chi connectivity index (χ0) is 15.5. The molecule has 22 heavy (non-hydrogen) atoms. The second-order valence-corrected chi connectivity index (χ2v) is 5.79. The maximum atomic E-state index is 11.3. The molecular weight excluding hydrogens is 278 g/mol. The molecule has 0 aliphatic carbocycles. The van der Waals surface area contributed by atoms with Gasteiger partial charge in [0.2, 0.25) is 11.8 Å². The van der Waals surface area contributed by atoms with E-state index in [9.17, 15) is 4.79 Å². The van der Waals surface area contributed by atoms with Gasteiger partial charge in [0.15, 0.2) is 0 Å². The first-order valence-electron chi connectivity index (χ1n) is 7.61. The Morgan fingerprint density at radius 1 is 1.18 bits per heavy atom. The summed E-state index contributed by atoms with van der Waals surface area (Å²) >= 11 is 0. The highest BCUT2D eigenvalue weighted by atomic mass is 16.3. The number of aryl methyl sites for hydroxylation is 1. The molecule has 1 saturated heterocycles. The van der Waals surface area contributed by atoms with Crippen LogP contribution >= 0.6 is 0 Å². The largest absolute Gasteiger partial charge is 0.444 e. The number of carbonyl (C=O) groups excluding carboxylic acids is 1. The smallest absolute Gasteiger partial charge is 0.226 e. The predicted octanol–water partition coefficient (Wildman–Crippen LogP) is 2.31. The summed E-state index contributed by atoms with van der Waals surface area (Å²) in [5, 5.41) is 0. The minimum atomic E-state index is 0.155. The molecule has 5 nitrogen and oxygen atoms in total. The van der Waals surface area contributed by atoms with E-state index in [2.05, 4.69) is 28.9 Å². The number of benzene rings is 1. The topological polar surface area (TPSA) is 49.6 Å². The van der Waals surface area contributed by atoms with Crippen molar-refractivity contribution in [3.8, 4) is 11.5 Å². The maximum absolute atomic E-state index is 11.3. The first kappa shape index (κ1) is 14.8. The number of hydrogen-bond donors (Lipinski definition) is 0. The third-order valence-electron chi connectivity index (χ3n) is 4.05. The summed E-state index contributed by atoms with van der Waals surface area (Å²) in [5.41, 5.74) is 3.16. The number of rotatable bonds is 3. The van der Waals surface area contributed by atoms with Crippen molar-refractivity contribution in [2.45, 2.75) is 20.4 Å². The summed E-state index contributed by atoms with van der Waals surface area (Å²) in [5.74, 6) is 0.820. The van der Waals surface area contributed by atoms with Crippen molar-refractivity contribution in [2.24, 2.45) is 0 Å². The van der Waals surface area contributed by atoms with Crippen molar-refractivity contribution in [3.63, 3.8) is 0 Å². The SMILES string of the molecule is CC(=O)N1CCN(Cc2coc(-c3ccc(C)cc3)n2)CC1. The van der Waals surface area contributed by atoms with E-state index >= 15 is 0 Å². The summed E-state index contributed by atoms with van der Waals surface area (Å²) in [6.07, 6.45) is 1.73. The molecule has 0 N–H and O–H groups in total. The van der Waals surface area contributed by atoms with Gasteiger partial charge in [0.25, 0.3) is 0 Å². The van der Waals surface area contributed by atoms with Gasteiger partial charge in [-0.1, -0.05) is 17.7 Å². The van der Waals surface area contributed by atoms with Crippen LogP contribution in [0.3, 0.4) is 0 Å². The third-order valence-corrected chi connectivity index (χ3v) is 4.05. The third kappa shape index (κ3) is 3.36. The van der Waals surface area contributed by atoms with Crippen molar-refractivity contribution in [3.05, 3.63) is 41.8 Å². The van der Waals surface area contributed by atoms with E-state index in [0.717, 1.165) is 44.0 Å². The van der Waals surface area contributed by atoms with Gasteiger partial charge in [0.1, 0.15) is 6.26 Å². The Balaban J connectivity index is 1.60. The highest BCUT2D eigenvalue weighted by Gasteiger charge is 2.19. The van der Waals surface area contributed by atoms with Gasteiger partial charge in [-0.2, -0.15) is 0 Å². The monoisotopic (exact) mass is 299 g/mol. The molecule has 2 heterocycles. The molecule has 5 heteroatoms. The van der Waals surface area contributed by atoms with Gasteiger partial charge in [0.05, 0.1) is 5.69 Å². The van der Waals surface area contributed by atoms with E-state index in [1.165, 1.54) is 5.56 Å². The van der Waals surface area contributed by atoms with Crippen LogP contribution < -0.4 is 0 Å². The highest BCUT2D eigenvalue weighted by molar-refractivity contribution is 5.73. The van der Waals surface area contributed by atoms with Crippen LogP contribution in [-0.4, -0.2) is 46.9 Å². The summed E-state index contributed by atoms with van der Waals surface area (Å²) in [6.45, 7) is 7.79. The van der Waals surface area contributed by atoms with E-state index < -0.39 is 0 Å². The van der Waals surface area contributed by atoms with Crippen LogP contribution in [0.4, 0.5) is 0 Å². The lowest BCUT2D eigenvalue weighted by Crippen LogP contribution is -2.47. The normalized spacial score (nSPS) is 16.0. The second kappa shape index (κ2) is 6.32.